The summed E-state index contributed by atoms with van der Waals surface area (Å²) < 4.78 is 21.5. The number of likely N-dealkylation sites (tertiary alicyclic amines) is 1. The summed E-state index contributed by atoms with van der Waals surface area (Å²) in [5.74, 6) is 0.500. The van der Waals surface area contributed by atoms with Crippen LogP contribution in [0.3, 0.4) is 0 Å². The number of fused-ring (bicyclic) bond motifs is 1. The molecule has 3 aromatic heterocycles. The maximum atomic E-state index is 14.6. The lowest BCUT2D eigenvalue weighted by Gasteiger charge is -2.24. The van der Waals surface area contributed by atoms with Gasteiger partial charge in [0, 0.05) is 12.7 Å². The van der Waals surface area contributed by atoms with Crippen LogP contribution in [0.25, 0.3) is 16.9 Å². The van der Waals surface area contributed by atoms with E-state index in [2.05, 4.69) is 20.4 Å². The van der Waals surface area contributed by atoms with E-state index in [9.17, 15) is 9.18 Å². The van der Waals surface area contributed by atoms with E-state index in [1.165, 1.54) is 4.90 Å². The molecule has 10 heteroatoms. The molecule has 1 fully saturated rings. The van der Waals surface area contributed by atoms with Crippen molar-refractivity contribution in [2.75, 3.05) is 18.4 Å². The van der Waals surface area contributed by atoms with Crippen LogP contribution >= 0.6 is 11.6 Å². The fourth-order valence-electron chi connectivity index (χ4n) is 3.26. The Kier molecular flexibility index (Phi) is 5.23. The second-order valence-corrected chi connectivity index (χ2v) is 8.60. The van der Waals surface area contributed by atoms with Gasteiger partial charge in [-0.25, -0.2) is 23.7 Å². The predicted octanol–water partition coefficient (Wildman–Crippen LogP) is 3.81. The molecule has 0 radical (unpaired) electrons. The first-order valence-electron chi connectivity index (χ1n) is 9.54. The maximum Gasteiger partial charge on any atom is 0.410 e. The van der Waals surface area contributed by atoms with Gasteiger partial charge in [-0.1, -0.05) is 17.7 Å². The second kappa shape index (κ2) is 7.71. The lowest BCUT2D eigenvalue weighted by molar-refractivity contribution is 0.0283. The normalized spacial score (nSPS) is 19.3. The van der Waals surface area contributed by atoms with Crippen LogP contribution in [0.4, 0.5) is 15.0 Å². The number of carbonyl (C=O) groups excluding carboxylic acids is 1. The molecule has 0 aromatic carbocycles. The number of amides is 1. The van der Waals surface area contributed by atoms with Gasteiger partial charge in [-0.2, -0.15) is 5.10 Å². The van der Waals surface area contributed by atoms with E-state index >= 15 is 0 Å². The molecule has 1 amide bonds. The number of nitrogens with one attached hydrogen (secondary N) is 1. The van der Waals surface area contributed by atoms with Crippen molar-refractivity contribution in [3.63, 3.8) is 0 Å². The number of anilines is 1. The minimum atomic E-state index is -1.23. The molecule has 0 unspecified atom stereocenters. The molecule has 4 heterocycles. The Balaban J connectivity index is 1.50. The van der Waals surface area contributed by atoms with E-state index in [0.717, 1.165) is 5.56 Å². The topological polar surface area (TPSA) is 84.7 Å². The minimum Gasteiger partial charge on any atom is -0.444 e. The summed E-state index contributed by atoms with van der Waals surface area (Å²) in [7, 11) is 0. The van der Waals surface area contributed by atoms with Crippen LogP contribution in [0, 0.1) is 0 Å². The van der Waals surface area contributed by atoms with Gasteiger partial charge in [-0.3, -0.25) is 0 Å². The summed E-state index contributed by atoms with van der Waals surface area (Å²) in [5.41, 5.74) is 1.36. The lowest BCUT2D eigenvalue weighted by Crippen LogP contribution is -2.36. The van der Waals surface area contributed by atoms with E-state index in [0.29, 0.717) is 22.2 Å². The second-order valence-electron chi connectivity index (χ2n) is 8.16. The van der Waals surface area contributed by atoms with Crippen molar-refractivity contribution in [3.8, 4) is 11.3 Å². The highest BCUT2D eigenvalue weighted by atomic mass is 35.5. The molecule has 2 atom stereocenters. The summed E-state index contributed by atoms with van der Waals surface area (Å²) in [6, 6.07) is 4.81. The third kappa shape index (κ3) is 4.30. The van der Waals surface area contributed by atoms with Crippen molar-refractivity contribution >= 4 is 29.2 Å². The number of halogens is 2. The fourth-order valence-corrected chi connectivity index (χ4v) is 3.40. The summed E-state index contributed by atoms with van der Waals surface area (Å²) in [6.45, 7) is 5.51. The quantitative estimate of drug-likeness (QED) is 0.677. The highest BCUT2D eigenvalue weighted by Gasteiger charge is 2.37. The van der Waals surface area contributed by atoms with Crippen molar-refractivity contribution in [1.29, 1.82) is 0 Å². The van der Waals surface area contributed by atoms with Crippen LogP contribution < -0.4 is 5.32 Å². The standard InChI is InChI=1S/C20H22ClFN6O2/c1-20(2,3)30-19(29)27-10-14(22)16(11-27)26-17-6-4-5-15(25-17)13-8-24-28-9-12(21)7-23-18(13)28/h4-9,14,16H,10-11H2,1-3H3,(H,25,26)/t14-,16-/m0/s1. The molecular weight excluding hydrogens is 411 g/mol. The van der Waals surface area contributed by atoms with Gasteiger partial charge in [-0.15, -0.1) is 0 Å². The van der Waals surface area contributed by atoms with Gasteiger partial charge in [0.15, 0.2) is 5.65 Å². The first kappa shape index (κ1) is 20.3. The number of hydrogen-bond acceptors (Lipinski definition) is 6. The number of nitrogens with zero attached hydrogens (tertiary/aromatic N) is 5. The molecule has 0 aliphatic carbocycles. The van der Waals surface area contributed by atoms with Crippen LogP contribution in [0.2, 0.25) is 5.02 Å². The van der Waals surface area contributed by atoms with E-state index in [1.807, 2.05) is 12.1 Å². The summed E-state index contributed by atoms with van der Waals surface area (Å²) in [5, 5.41) is 7.82. The number of alkyl halides is 1. The van der Waals surface area contributed by atoms with E-state index in [4.69, 9.17) is 16.3 Å². The maximum absolute atomic E-state index is 14.6. The van der Waals surface area contributed by atoms with Crippen molar-refractivity contribution in [3.05, 3.63) is 41.8 Å². The Morgan fingerprint density at radius 2 is 2.10 bits per heavy atom. The van der Waals surface area contributed by atoms with Crippen LogP contribution in [0.1, 0.15) is 20.8 Å². The monoisotopic (exact) mass is 432 g/mol. The first-order chi connectivity index (χ1) is 14.2. The number of rotatable bonds is 3. The van der Waals surface area contributed by atoms with Gasteiger partial charge in [0.1, 0.15) is 17.6 Å². The van der Waals surface area contributed by atoms with Crippen molar-refractivity contribution in [1.82, 2.24) is 24.5 Å². The van der Waals surface area contributed by atoms with Crippen LogP contribution in [-0.4, -0.2) is 61.5 Å². The Hall–Kier alpha value is -2.94. The molecule has 4 rings (SSSR count). The molecule has 0 bridgehead atoms. The minimum absolute atomic E-state index is 0.0228. The molecule has 1 N–H and O–H groups in total. The molecular formula is C20H22ClFN6O2. The first-order valence-corrected chi connectivity index (χ1v) is 9.92. The molecule has 8 nitrogen and oxygen atoms in total. The number of hydrogen-bond donors (Lipinski definition) is 1. The Morgan fingerprint density at radius 3 is 2.87 bits per heavy atom. The van der Waals surface area contributed by atoms with Crippen LogP contribution in [0.5, 0.6) is 0 Å². The van der Waals surface area contributed by atoms with Crippen molar-refractivity contribution in [2.24, 2.45) is 0 Å². The fraction of sp³-hybridized carbons (Fsp3) is 0.400. The smallest absolute Gasteiger partial charge is 0.410 e. The van der Waals surface area contributed by atoms with Crippen molar-refractivity contribution in [2.45, 2.75) is 38.6 Å². The summed E-state index contributed by atoms with van der Waals surface area (Å²) in [6.07, 6.45) is 3.10. The van der Waals surface area contributed by atoms with E-state index in [-0.39, 0.29) is 13.1 Å². The highest BCUT2D eigenvalue weighted by Crippen LogP contribution is 2.25. The highest BCUT2D eigenvalue weighted by molar-refractivity contribution is 6.30. The average molecular weight is 433 g/mol. The molecule has 0 spiro atoms. The Labute approximate surface area is 178 Å². The van der Waals surface area contributed by atoms with Gasteiger partial charge in [-0.05, 0) is 32.9 Å². The van der Waals surface area contributed by atoms with Crippen LogP contribution in [-0.2, 0) is 4.74 Å². The lowest BCUT2D eigenvalue weighted by atomic mass is 10.2. The molecule has 0 saturated carbocycles. The zero-order valence-corrected chi connectivity index (χ0v) is 17.6. The number of carbonyl (C=O) groups is 1. The van der Waals surface area contributed by atoms with Crippen molar-refractivity contribution < 1.29 is 13.9 Å². The van der Waals surface area contributed by atoms with Gasteiger partial charge < -0.3 is 15.0 Å². The third-order valence-corrected chi connectivity index (χ3v) is 4.78. The molecule has 1 aliphatic heterocycles. The number of aromatic nitrogens is 4. The molecule has 1 aliphatic rings. The predicted molar refractivity (Wildman–Crippen MR) is 111 cm³/mol. The number of pyridine rings is 1. The molecule has 30 heavy (non-hydrogen) atoms. The largest absolute Gasteiger partial charge is 0.444 e. The zero-order chi connectivity index (χ0) is 21.5. The van der Waals surface area contributed by atoms with Gasteiger partial charge in [0.25, 0.3) is 0 Å². The van der Waals surface area contributed by atoms with Gasteiger partial charge >= 0.3 is 6.09 Å². The molecule has 158 valence electrons. The SMILES string of the molecule is CC(C)(C)OC(=O)N1C[C@H](Nc2cccc(-c3cnn4cc(Cl)cnc34)n2)[C@@H](F)C1. The van der Waals surface area contributed by atoms with Gasteiger partial charge in [0.05, 0.1) is 41.3 Å². The summed E-state index contributed by atoms with van der Waals surface area (Å²) in [4.78, 5) is 22.5. The summed E-state index contributed by atoms with van der Waals surface area (Å²) >= 11 is 5.96. The Morgan fingerprint density at radius 1 is 1.30 bits per heavy atom. The third-order valence-electron chi connectivity index (χ3n) is 4.58. The van der Waals surface area contributed by atoms with E-state index < -0.39 is 23.9 Å². The van der Waals surface area contributed by atoms with Crippen LogP contribution in [0.15, 0.2) is 36.8 Å². The van der Waals surface area contributed by atoms with Gasteiger partial charge in [0.2, 0.25) is 0 Å². The zero-order valence-electron chi connectivity index (χ0n) is 16.8. The Bertz CT molecular complexity index is 1080. The molecule has 1 saturated heterocycles. The average Bonchev–Trinajstić information content (AvgIpc) is 3.24. The molecule has 3 aromatic rings. The number of ether oxygens (including phenoxy) is 1. The van der Waals surface area contributed by atoms with E-state index in [1.54, 1.807) is 49.9 Å².